The molecule has 0 aromatic heterocycles. The maximum atomic E-state index is 12.1. The highest BCUT2D eigenvalue weighted by Crippen LogP contribution is 2.28. The Morgan fingerprint density at radius 3 is 3.00 bits per heavy atom. The van der Waals surface area contributed by atoms with Crippen LogP contribution in [0, 0.1) is 12.8 Å². The average molecular weight is 312 g/mol. The number of amides is 1. The topological polar surface area (TPSA) is 67.2 Å². The van der Waals surface area contributed by atoms with Crippen molar-refractivity contribution in [3.63, 3.8) is 0 Å². The van der Waals surface area contributed by atoms with Crippen LogP contribution in [-0.2, 0) is 4.79 Å². The van der Waals surface area contributed by atoms with Crippen molar-refractivity contribution >= 4 is 33.2 Å². The van der Waals surface area contributed by atoms with Gasteiger partial charge in [-0.2, -0.15) is 0 Å². The predicted molar refractivity (Wildman–Crippen MR) is 77.5 cm³/mol. The lowest BCUT2D eigenvalue weighted by molar-refractivity contribution is -0.120. The van der Waals surface area contributed by atoms with E-state index in [1.54, 1.807) is 0 Å². The van der Waals surface area contributed by atoms with Crippen LogP contribution in [0.3, 0.4) is 0 Å². The van der Waals surface area contributed by atoms with Crippen molar-refractivity contribution < 1.29 is 4.79 Å². The first-order chi connectivity index (χ1) is 8.58. The molecule has 1 atom stereocenters. The van der Waals surface area contributed by atoms with Gasteiger partial charge in [0.05, 0.1) is 17.3 Å². The lowest BCUT2D eigenvalue weighted by Gasteiger charge is -2.22. The lowest BCUT2D eigenvalue weighted by atomic mass is 9.98. The van der Waals surface area contributed by atoms with Gasteiger partial charge in [0.2, 0.25) is 5.91 Å². The largest absolute Gasteiger partial charge is 0.397 e. The third-order valence-electron chi connectivity index (χ3n) is 3.28. The Labute approximate surface area is 115 Å². The highest BCUT2D eigenvalue weighted by Gasteiger charge is 2.21. The Morgan fingerprint density at radius 1 is 1.56 bits per heavy atom. The minimum atomic E-state index is 0.0393. The van der Waals surface area contributed by atoms with Gasteiger partial charge in [0.1, 0.15) is 0 Å². The third-order valence-corrected chi connectivity index (χ3v) is 3.74. The zero-order valence-corrected chi connectivity index (χ0v) is 12.0. The van der Waals surface area contributed by atoms with Crippen molar-refractivity contribution in [2.24, 2.45) is 5.92 Å². The zero-order chi connectivity index (χ0) is 13.1. The number of nitrogens with two attached hydrogens (primary N) is 1. The molecule has 1 heterocycles. The number of aryl methyl sites for hydroxylation is 1. The summed E-state index contributed by atoms with van der Waals surface area (Å²) in [4.78, 5) is 12.1. The van der Waals surface area contributed by atoms with Gasteiger partial charge in [0.15, 0.2) is 0 Å². The molecule has 4 N–H and O–H groups in total. The van der Waals surface area contributed by atoms with Crippen molar-refractivity contribution in [1.29, 1.82) is 0 Å². The van der Waals surface area contributed by atoms with Crippen LogP contribution in [0.4, 0.5) is 11.4 Å². The van der Waals surface area contributed by atoms with Crippen LogP contribution < -0.4 is 16.4 Å². The van der Waals surface area contributed by atoms with Crippen LogP contribution in [0.15, 0.2) is 16.6 Å². The van der Waals surface area contributed by atoms with E-state index in [1.807, 2.05) is 19.1 Å². The van der Waals surface area contributed by atoms with Gasteiger partial charge < -0.3 is 16.4 Å². The van der Waals surface area contributed by atoms with E-state index < -0.39 is 0 Å². The second-order valence-corrected chi connectivity index (χ2v) is 5.63. The molecule has 18 heavy (non-hydrogen) atoms. The lowest BCUT2D eigenvalue weighted by Crippen LogP contribution is -2.37. The third kappa shape index (κ3) is 3.03. The molecule has 98 valence electrons. The van der Waals surface area contributed by atoms with E-state index in [4.69, 9.17) is 5.73 Å². The molecule has 0 bridgehead atoms. The normalized spacial score (nSPS) is 19.6. The van der Waals surface area contributed by atoms with E-state index in [1.165, 1.54) is 0 Å². The monoisotopic (exact) mass is 311 g/mol. The summed E-state index contributed by atoms with van der Waals surface area (Å²) in [5.74, 6) is 0.0869. The molecule has 1 fully saturated rings. The first-order valence-electron chi connectivity index (χ1n) is 6.15. The van der Waals surface area contributed by atoms with Gasteiger partial charge in [-0.3, -0.25) is 4.79 Å². The molecule has 1 aliphatic rings. The summed E-state index contributed by atoms with van der Waals surface area (Å²) >= 11 is 3.41. The number of hydrogen-bond acceptors (Lipinski definition) is 3. The van der Waals surface area contributed by atoms with E-state index in [9.17, 15) is 4.79 Å². The van der Waals surface area contributed by atoms with Crippen molar-refractivity contribution in [2.45, 2.75) is 19.8 Å². The number of carbonyl (C=O) groups excluding carboxylic acids is 1. The van der Waals surface area contributed by atoms with E-state index >= 15 is 0 Å². The molecule has 1 unspecified atom stereocenters. The Kier molecular flexibility index (Phi) is 4.24. The second kappa shape index (κ2) is 5.71. The molecule has 1 saturated heterocycles. The fourth-order valence-corrected chi connectivity index (χ4v) is 2.74. The van der Waals surface area contributed by atoms with Crippen LogP contribution >= 0.6 is 15.9 Å². The number of rotatable bonds is 2. The smallest absolute Gasteiger partial charge is 0.228 e. The van der Waals surface area contributed by atoms with Crippen molar-refractivity contribution in [1.82, 2.24) is 5.32 Å². The molecule has 1 aromatic rings. The first-order valence-corrected chi connectivity index (χ1v) is 6.94. The van der Waals surface area contributed by atoms with Crippen LogP contribution in [0.2, 0.25) is 0 Å². The minimum Gasteiger partial charge on any atom is -0.397 e. The number of piperidine rings is 1. The van der Waals surface area contributed by atoms with E-state index in [2.05, 4.69) is 26.6 Å². The number of anilines is 2. The molecule has 5 heteroatoms. The fraction of sp³-hybridized carbons (Fsp3) is 0.462. The first kappa shape index (κ1) is 13.4. The SMILES string of the molecule is Cc1cc(Br)cc(NC(=O)C2CCCNC2)c1N. The fourth-order valence-electron chi connectivity index (χ4n) is 2.17. The maximum absolute atomic E-state index is 12.1. The Hall–Kier alpha value is -1.07. The van der Waals surface area contributed by atoms with Gasteiger partial charge in [-0.15, -0.1) is 0 Å². The number of halogens is 1. The molecule has 1 amide bonds. The highest BCUT2D eigenvalue weighted by molar-refractivity contribution is 9.10. The van der Waals surface area contributed by atoms with E-state index in [0.29, 0.717) is 11.4 Å². The van der Waals surface area contributed by atoms with Gasteiger partial charge in [-0.25, -0.2) is 0 Å². The summed E-state index contributed by atoms with van der Waals surface area (Å²) in [6.07, 6.45) is 1.98. The summed E-state index contributed by atoms with van der Waals surface area (Å²) < 4.78 is 0.922. The highest BCUT2D eigenvalue weighted by atomic mass is 79.9. The summed E-state index contributed by atoms with van der Waals surface area (Å²) in [7, 11) is 0. The maximum Gasteiger partial charge on any atom is 0.228 e. The Balaban J connectivity index is 2.11. The number of nitrogen functional groups attached to an aromatic ring is 1. The Morgan fingerprint density at radius 2 is 2.33 bits per heavy atom. The van der Waals surface area contributed by atoms with Crippen LogP contribution in [0.25, 0.3) is 0 Å². The zero-order valence-electron chi connectivity index (χ0n) is 10.4. The standard InChI is InChI=1S/C13H18BrN3O/c1-8-5-10(14)6-11(12(8)15)17-13(18)9-3-2-4-16-7-9/h5-6,9,16H,2-4,7,15H2,1H3,(H,17,18). The molecule has 0 radical (unpaired) electrons. The Bertz CT molecular complexity index is 456. The number of carbonyl (C=O) groups is 1. The van der Waals surface area contributed by atoms with Crippen LogP contribution in [0.1, 0.15) is 18.4 Å². The predicted octanol–water partition coefficient (Wildman–Crippen LogP) is 2.28. The van der Waals surface area contributed by atoms with E-state index in [0.717, 1.165) is 36.0 Å². The molecule has 0 spiro atoms. The molecule has 4 nitrogen and oxygen atoms in total. The number of benzene rings is 1. The van der Waals surface area contributed by atoms with E-state index in [-0.39, 0.29) is 11.8 Å². The van der Waals surface area contributed by atoms with Gasteiger partial charge in [-0.1, -0.05) is 15.9 Å². The second-order valence-electron chi connectivity index (χ2n) is 4.72. The summed E-state index contributed by atoms with van der Waals surface area (Å²) in [6.45, 7) is 3.68. The van der Waals surface area contributed by atoms with Crippen molar-refractivity contribution in [3.05, 3.63) is 22.2 Å². The van der Waals surface area contributed by atoms with Crippen molar-refractivity contribution in [2.75, 3.05) is 24.1 Å². The molecule has 0 aliphatic carbocycles. The molecule has 1 aromatic carbocycles. The van der Waals surface area contributed by atoms with Gasteiger partial charge in [0, 0.05) is 11.0 Å². The van der Waals surface area contributed by atoms with Crippen LogP contribution in [-0.4, -0.2) is 19.0 Å². The van der Waals surface area contributed by atoms with Gasteiger partial charge in [-0.05, 0) is 44.0 Å². The summed E-state index contributed by atoms with van der Waals surface area (Å²) in [5, 5.41) is 6.17. The minimum absolute atomic E-state index is 0.0393. The summed E-state index contributed by atoms with van der Waals surface area (Å²) in [5.41, 5.74) is 8.26. The van der Waals surface area contributed by atoms with Gasteiger partial charge >= 0.3 is 0 Å². The molecular formula is C13H18BrN3O. The molecule has 1 aliphatic heterocycles. The van der Waals surface area contributed by atoms with Crippen molar-refractivity contribution in [3.8, 4) is 0 Å². The van der Waals surface area contributed by atoms with Crippen LogP contribution in [0.5, 0.6) is 0 Å². The molecule has 2 rings (SSSR count). The summed E-state index contributed by atoms with van der Waals surface area (Å²) in [6, 6.07) is 3.78. The van der Waals surface area contributed by atoms with Gasteiger partial charge in [0.25, 0.3) is 0 Å². The average Bonchev–Trinajstić information content (AvgIpc) is 2.36. The quantitative estimate of drug-likeness (QED) is 0.734. The molecular weight excluding hydrogens is 294 g/mol. The number of nitrogens with one attached hydrogen (secondary N) is 2. The number of hydrogen-bond donors (Lipinski definition) is 3. The molecule has 0 saturated carbocycles.